The van der Waals surface area contributed by atoms with Crippen LogP contribution in [0.15, 0.2) is 12.7 Å². The number of ether oxygens (including phenoxy) is 1. The van der Waals surface area contributed by atoms with Gasteiger partial charge in [0.25, 0.3) is 0 Å². The van der Waals surface area contributed by atoms with E-state index in [1.165, 1.54) is 0 Å². The molecule has 0 spiro atoms. The molecule has 0 radical (unpaired) electrons. The van der Waals surface area contributed by atoms with Gasteiger partial charge in [0.1, 0.15) is 6.23 Å². The van der Waals surface area contributed by atoms with Gasteiger partial charge in [-0.25, -0.2) is 4.79 Å². The van der Waals surface area contributed by atoms with Crippen LogP contribution in [-0.4, -0.2) is 62.6 Å². The Morgan fingerprint density at radius 1 is 0.880 bits per heavy atom. The average molecular weight is 395 g/mol. The number of esters is 1. The van der Waals surface area contributed by atoms with E-state index in [1.54, 1.807) is 0 Å². The topological polar surface area (TPSA) is 72.5 Å². The molecule has 0 fully saturated rings. The zero-order valence-electron chi connectivity index (χ0n) is 16.5. The second kappa shape index (κ2) is 12.7. The van der Waals surface area contributed by atoms with Crippen molar-refractivity contribution in [3.05, 3.63) is 12.7 Å². The van der Waals surface area contributed by atoms with Gasteiger partial charge in [0.05, 0.1) is 5.16 Å². The molecule has 9 heteroatoms. The smallest absolute Gasteiger partial charge is 0.461 e. The normalized spacial score (nSPS) is 13.5. The van der Waals surface area contributed by atoms with Crippen molar-refractivity contribution in [2.24, 2.45) is 0 Å². The molecule has 0 bridgehead atoms. The highest BCUT2D eigenvalue weighted by Gasteiger charge is 2.61. The van der Waals surface area contributed by atoms with Gasteiger partial charge in [0.15, 0.2) is 0 Å². The minimum Gasteiger partial charge on any atom is -0.461 e. The van der Waals surface area contributed by atoms with Crippen LogP contribution < -0.4 is 0 Å². The van der Waals surface area contributed by atoms with Gasteiger partial charge in [-0.15, -0.1) is 0 Å². The first-order valence-corrected chi connectivity index (χ1v) is 12.8. The van der Waals surface area contributed by atoms with Crippen molar-refractivity contribution in [3.8, 4) is 0 Å². The molecule has 0 aromatic rings. The lowest BCUT2D eigenvalue weighted by atomic mass is 10.7. The zero-order chi connectivity index (χ0) is 19.3. The maximum atomic E-state index is 11.6. The summed E-state index contributed by atoms with van der Waals surface area (Å²) in [4.78, 5) is 11.6. The van der Waals surface area contributed by atoms with Crippen LogP contribution in [0.25, 0.3) is 0 Å². The Hall–Kier alpha value is -0.556. The van der Waals surface area contributed by atoms with E-state index in [0.29, 0.717) is 33.0 Å². The summed E-state index contributed by atoms with van der Waals surface area (Å²) in [5.74, 6) is -0.514. The van der Waals surface area contributed by atoms with Gasteiger partial charge in [-0.2, -0.15) is 0 Å². The molecule has 0 aliphatic rings. The first kappa shape index (κ1) is 24.4. The van der Waals surface area contributed by atoms with Crippen LogP contribution in [0.1, 0.15) is 41.5 Å². The van der Waals surface area contributed by atoms with Crippen LogP contribution in [-0.2, 0) is 31.7 Å². The fraction of sp³-hybridized carbons (Fsp3) is 0.812. The van der Waals surface area contributed by atoms with Gasteiger partial charge in [-0.3, -0.25) is 0 Å². The van der Waals surface area contributed by atoms with Crippen molar-refractivity contribution in [2.75, 3.05) is 39.3 Å². The van der Waals surface area contributed by atoms with E-state index in [0.717, 1.165) is 6.08 Å². The van der Waals surface area contributed by atoms with E-state index in [2.05, 4.69) is 6.58 Å². The van der Waals surface area contributed by atoms with Crippen LogP contribution >= 0.6 is 0 Å². The molecule has 1 unspecified atom stereocenters. The van der Waals surface area contributed by atoms with Crippen molar-refractivity contribution in [3.63, 3.8) is 0 Å². The summed E-state index contributed by atoms with van der Waals surface area (Å²) in [7, 11) is -6.13. The van der Waals surface area contributed by atoms with Crippen molar-refractivity contribution in [2.45, 2.75) is 46.7 Å². The maximum absolute atomic E-state index is 11.6. The SMILES string of the molecule is C=CC(=O)OC[Si](OCC)(OCC)C(C)[Si](OCC)(OCC)OCC. The average Bonchev–Trinajstić information content (AvgIpc) is 2.59. The number of hydrogen-bond donors (Lipinski definition) is 0. The van der Waals surface area contributed by atoms with Crippen LogP contribution in [0.3, 0.4) is 0 Å². The van der Waals surface area contributed by atoms with E-state index in [1.807, 2.05) is 41.5 Å². The molecular formula is C16H34O7Si2. The molecule has 0 aromatic carbocycles. The molecule has 0 aliphatic carbocycles. The fourth-order valence-electron chi connectivity index (χ4n) is 2.59. The molecule has 7 nitrogen and oxygen atoms in total. The lowest BCUT2D eigenvalue weighted by Gasteiger charge is -2.41. The predicted molar refractivity (Wildman–Crippen MR) is 100 cm³/mol. The third kappa shape index (κ3) is 6.93. The Balaban J connectivity index is 5.86. The second-order valence-electron chi connectivity index (χ2n) is 5.11. The number of carbonyl (C=O) groups excluding carboxylic acids is 1. The highest BCUT2D eigenvalue weighted by molar-refractivity contribution is 6.85. The third-order valence-corrected chi connectivity index (χ3v) is 12.5. The first-order valence-electron chi connectivity index (χ1n) is 8.90. The minimum absolute atomic E-state index is 0.0304. The summed E-state index contributed by atoms with van der Waals surface area (Å²) in [6.45, 7) is 17.0. The lowest BCUT2D eigenvalue weighted by molar-refractivity contribution is -0.137. The summed E-state index contributed by atoms with van der Waals surface area (Å²) in [5.41, 5.74) is 0. The molecule has 25 heavy (non-hydrogen) atoms. The molecule has 0 N–H and O–H groups in total. The number of hydrogen-bond acceptors (Lipinski definition) is 7. The van der Waals surface area contributed by atoms with Crippen molar-refractivity contribution < 1.29 is 31.7 Å². The highest BCUT2D eigenvalue weighted by atomic mass is 28.4. The quantitative estimate of drug-likeness (QED) is 0.240. The molecule has 0 rings (SSSR count). The van der Waals surface area contributed by atoms with Crippen LogP contribution in [0, 0.1) is 0 Å². The molecule has 0 heterocycles. The van der Waals surface area contributed by atoms with Crippen LogP contribution in [0.2, 0.25) is 5.16 Å². The van der Waals surface area contributed by atoms with Crippen molar-refractivity contribution >= 4 is 23.3 Å². The van der Waals surface area contributed by atoms with Gasteiger partial charge in [0.2, 0.25) is 0 Å². The van der Waals surface area contributed by atoms with Gasteiger partial charge in [0, 0.05) is 39.1 Å². The highest BCUT2D eigenvalue weighted by Crippen LogP contribution is 2.36. The Kier molecular flexibility index (Phi) is 12.5. The lowest BCUT2D eigenvalue weighted by Crippen LogP contribution is -2.64. The minimum atomic E-state index is -3.10. The molecule has 0 aliphatic heterocycles. The molecule has 0 amide bonds. The first-order chi connectivity index (χ1) is 11.9. The Morgan fingerprint density at radius 2 is 1.28 bits per heavy atom. The molecular weight excluding hydrogens is 360 g/mol. The second-order valence-corrected chi connectivity index (χ2v) is 12.0. The molecule has 0 aromatic heterocycles. The van der Waals surface area contributed by atoms with Gasteiger partial charge < -0.3 is 26.9 Å². The van der Waals surface area contributed by atoms with E-state index in [9.17, 15) is 4.79 Å². The Labute approximate surface area is 154 Å². The van der Waals surface area contributed by atoms with Crippen molar-refractivity contribution in [1.29, 1.82) is 0 Å². The molecule has 1 atom stereocenters. The molecule has 0 saturated carbocycles. The predicted octanol–water partition coefficient (Wildman–Crippen LogP) is 2.75. The maximum Gasteiger partial charge on any atom is 0.505 e. The molecule has 0 saturated heterocycles. The standard InChI is InChI=1S/C16H34O7Si2/c1-8-16(17)18-14-24(19-9-2,20-10-3)15(7)25(21-11-4,22-12-5)23-13-6/h8,15H,1,9-14H2,2-7H3. The molecule has 148 valence electrons. The van der Waals surface area contributed by atoms with E-state index in [4.69, 9.17) is 26.9 Å². The summed E-state index contributed by atoms with van der Waals surface area (Å²) in [5, 5.41) is -0.280. The van der Waals surface area contributed by atoms with E-state index in [-0.39, 0.29) is 11.4 Å². The Bertz CT molecular complexity index is 370. The summed E-state index contributed by atoms with van der Waals surface area (Å²) in [6.07, 6.45) is 1.16. The Morgan fingerprint density at radius 3 is 1.60 bits per heavy atom. The van der Waals surface area contributed by atoms with Crippen LogP contribution in [0.5, 0.6) is 0 Å². The van der Waals surface area contributed by atoms with Crippen LogP contribution in [0.4, 0.5) is 0 Å². The number of rotatable bonds is 15. The third-order valence-electron chi connectivity index (χ3n) is 3.59. The fourth-order valence-corrected chi connectivity index (χ4v) is 10.8. The summed E-state index contributed by atoms with van der Waals surface area (Å²) < 4.78 is 35.5. The number of carbonyl (C=O) groups is 1. The van der Waals surface area contributed by atoms with E-state index < -0.39 is 23.3 Å². The summed E-state index contributed by atoms with van der Waals surface area (Å²) in [6, 6.07) is 0. The van der Waals surface area contributed by atoms with Gasteiger partial charge in [-0.05, 0) is 34.6 Å². The van der Waals surface area contributed by atoms with Crippen molar-refractivity contribution in [1.82, 2.24) is 0 Å². The van der Waals surface area contributed by atoms with E-state index >= 15 is 0 Å². The van der Waals surface area contributed by atoms with Gasteiger partial charge >= 0.3 is 23.3 Å². The zero-order valence-corrected chi connectivity index (χ0v) is 18.5. The monoisotopic (exact) mass is 394 g/mol. The van der Waals surface area contributed by atoms with Gasteiger partial charge in [-0.1, -0.05) is 13.5 Å². The largest absolute Gasteiger partial charge is 0.505 e. The summed E-state index contributed by atoms with van der Waals surface area (Å²) >= 11 is 0.